The molecular weight excluding hydrogens is 376 g/mol. The van der Waals surface area contributed by atoms with E-state index in [9.17, 15) is 4.79 Å². The molecule has 0 atom stereocenters. The van der Waals surface area contributed by atoms with E-state index in [1.54, 1.807) is 6.21 Å². The minimum atomic E-state index is -0.373. The number of nitrogens with zero attached hydrogens (tertiary/aromatic N) is 3. The van der Waals surface area contributed by atoms with Gasteiger partial charge in [0.25, 0.3) is 0 Å². The second-order valence-corrected chi connectivity index (χ2v) is 7.48. The van der Waals surface area contributed by atoms with Crippen LogP contribution in [0.1, 0.15) is 44.2 Å². The van der Waals surface area contributed by atoms with E-state index in [1.165, 1.54) is 11.1 Å². The Hall–Kier alpha value is -3.67. The summed E-state index contributed by atoms with van der Waals surface area (Å²) < 4.78 is 7.64. The summed E-state index contributed by atoms with van der Waals surface area (Å²) in [6.07, 6.45) is 1.64. The molecule has 6 nitrogen and oxygen atoms in total. The van der Waals surface area contributed by atoms with Crippen molar-refractivity contribution in [2.24, 2.45) is 5.10 Å². The first kappa shape index (κ1) is 19.6. The second kappa shape index (κ2) is 7.99. The highest BCUT2D eigenvalue weighted by molar-refractivity contribution is 5.99. The zero-order valence-corrected chi connectivity index (χ0v) is 17.6. The second-order valence-electron chi connectivity index (χ2n) is 7.48. The number of rotatable bonds is 5. The molecule has 1 amide bonds. The quantitative estimate of drug-likeness (QED) is 0.391. The van der Waals surface area contributed by atoms with Crippen molar-refractivity contribution in [2.45, 2.75) is 34.2 Å². The molecule has 0 aliphatic rings. The average molecular weight is 400 g/mol. The zero-order valence-electron chi connectivity index (χ0n) is 17.6. The van der Waals surface area contributed by atoms with Crippen LogP contribution in [-0.4, -0.2) is 21.9 Å². The van der Waals surface area contributed by atoms with Crippen LogP contribution in [0.2, 0.25) is 0 Å². The lowest BCUT2D eigenvalue weighted by atomic mass is 10.1. The van der Waals surface area contributed by atoms with E-state index in [0.717, 1.165) is 27.9 Å². The van der Waals surface area contributed by atoms with Gasteiger partial charge in [0.05, 0.1) is 18.5 Å². The first-order valence-corrected chi connectivity index (χ1v) is 9.85. The number of nitrogens with one attached hydrogen (secondary N) is 1. The minimum Gasteiger partial charge on any atom is -0.451 e. The molecule has 2 heterocycles. The van der Waals surface area contributed by atoms with Gasteiger partial charge in [-0.05, 0) is 39.3 Å². The fourth-order valence-corrected chi connectivity index (χ4v) is 3.52. The van der Waals surface area contributed by atoms with Crippen LogP contribution < -0.4 is 5.43 Å². The number of hydrazone groups is 1. The number of carbonyl (C=O) groups excluding carboxylic acids is 1. The lowest BCUT2D eigenvalue weighted by Crippen LogP contribution is -2.18. The van der Waals surface area contributed by atoms with E-state index < -0.39 is 0 Å². The summed E-state index contributed by atoms with van der Waals surface area (Å²) >= 11 is 0. The van der Waals surface area contributed by atoms with E-state index in [0.29, 0.717) is 12.1 Å². The molecule has 1 N–H and O–H groups in total. The van der Waals surface area contributed by atoms with Crippen LogP contribution in [0.25, 0.3) is 11.0 Å². The maximum absolute atomic E-state index is 12.5. The lowest BCUT2D eigenvalue weighted by Gasteiger charge is -2.05. The van der Waals surface area contributed by atoms with Crippen LogP contribution in [0.15, 0.2) is 58.0 Å². The zero-order chi connectivity index (χ0) is 21.3. The van der Waals surface area contributed by atoms with Gasteiger partial charge < -0.3 is 4.42 Å². The largest absolute Gasteiger partial charge is 0.451 e. The molecule has 0 radical (unpaired) electrons. The summed E-state index contributed by atoms with van der Waals surface area (Å²) in [6.45, 7) is 8.56. The molecule has 30 heavy (non-hydrogen) atoms. The van der Waals surface area contributed by atoms with Gasteiger partial charge in [-0.25, -0.2) is 5.43 Å². The molecule has 0 spiro atoms. The molecule has 0 saturated heterocycles. The topological polar surface area (TPSA) is 72.4 Å². The Morgan fingerprint density at radius 1 is 1.10 bits per heavy atom. The van der Waals surface area contributed by atoms with Crippen LogP contribution >= 0.6 is 0 Å². The fourth-order valence-electron chi connectivity index (χ4n) is 3.52. The molecule has 2 aromatic carbocycles. The van der Waals surface area contributed by atoms with Crippen molar-refractivity contribution < 1.29 is 9.21 Å². The van der Waals surface area contributed by atoms with Crippen LogP contribution in [0.3, 0.4) is 0 Å². The average Bonchev–Trinajstić information content (AvgIpc) is 3.21. The van der Waals surface area contributed by atoms with Crippen LogP contribution in [0.4, 0.5) is 0 Å². The van der Waals surface area contributed by atoms with Gasteiger partial charge in [0, 0.05) is 22.2 Å². The van der Waals surface area contributed by atoms with Gasteiger partial charge in [0.15, 0.2) is 5.76 Å². The Bertz CT molecular complexity index is 1250. The number of benzene rings is 2. The molecule has 6 heteroatoms. The number of fused-ring (bicyclic) bond motifs is 1. The summed E-state index contributed by atoms with van der Waals surface area (Å²) in [5.41, 5.74) is 9.22. The highest BCUT2D eigenvalue weighted by Crippen LogP contribution is 2.24. The van der Waals surface area contributed by atoms with Crippen molar-refractivity contribution in [2.75, 3.05) is 0 Å². The Kier molecular flexibility index (Phi) is 5.23. The Balaban J connectivity index is 1.49. The lowest BCUT2D eigenvalue weighted by molar-refractivity contribution is 0.0929. The Morgan fingerprint density at radius 2 is 1.83 bits per heavy atom. The van der Waals surface area contributed by atoms with Gasteiger partial charge in [-0.1, -0.05) is 48.0 Å². The fraction of sp³-hybridized carbons (Fsp3) is 0.208. The van der Waals surface area contributed by atoms with Crippen molar-refractivity contribution in [1.82, 2.24) is 15.2 Å². The summed E-state index contributed by atoms with van der Waals surface area (Å²) in [5, 5.41) is 9.69. The van der Waals surface area contributed by atoms with E-state index in [4.69, 9.17) is 4.42 Å². The standard InChI is InChI=1S/C24H24N4O2/c1-15-9-11-19(12-10-15)14-28-18(4)21(17(3)27-28)13-25-26-24(29)23-16(2)20-7-5-6-8-22(20)30-23/h5-13H,14H2,1-4H3,(H,26,29)/b25-13-. The SMILES string of the molecule is Cc1ccc(Cn2nc(C)c(/C=N\NC(=O)c3oc4ccccc4c3C)c2C)cc1. The van der Waals surface area contributed by atoms with Gasteiger partial charge in [-0.15, -0.1) is 0 Å². The highest BCUT2D eigenvalue weighted by atomic mass is 16.3. The number of amides is 1. The number of furan rings is 1. The molecule has 4 aromatic rings. The van der Waals surface area contributed by atoms with Gasteiger partial charge >= 0.3 is 5.91 Å². The van der Waals surface area contributed by atoms with Crippen molar-refractivity contribution >= 4 is 23.1 Å². The minimum absolute atomic E-state index is 0.275. The third-order valence-electron chi connectivity index (χ3n) is 5.30. The first-order chi connectivity index (χ1) is 14.4. The Labute approximate surface area is 175 Å². The normalized spacial score (nSPS) is 11.5. The molecule has 0 saturated carbocycles. The summed E-state index contributed by atoms with van der Waals surface area (Å²) in [5.74, 6) is -0.0980. The first-order valence-electron chi connectivity index (χ1n) is 9.85. The molecule has 2 aromatic heterocycles. The number of aryl methyl sites for hydroxylation is 3. The van der Waals surface area contributed by atoms with E-state index >= 15 is 0 Å². The smallest absolute Gasteiger partial charge is 0.307 e. The summed E-state index contributed by atoms with van der Waals surface area (Å²) in [7, 11) is 0. The van der Waals surface area contributed by atoms with Gasteiger partial charge in [-0.3, -0.25) is 9.48 Å². The number of para-hydroxylation sites is 1. The number of carbonyl (C=O) groups is 1. The van der Waals surface area contributed by atoms with Crippen LogP contribution in [0.5, 0.6) is 0 Å². The van der Waals surface area contributed by atoms with E-state index in [2.05, 4.69) is 46.8 Å². The van der Waals surface area contributed by atoms with Gasteiger partial charge in [0.2, 0.25) is 0 Å². The molecule has 0 aliphatic carbocycles. The van der Waals surface area contributed by atoms with Crippen molar-refractivity contribution in [3.63, 3.8) is 0 Å². The van der Waals surface area contributed by atoms with Crippen molar-refractivity contribution in [3.05, 3.63) is 87.9 Å². The third-order valence-corrected chi connectivity index (χ3v) is 5.30. The molecule has 4 rings (SSSR count). The monoisotopic (exact) mass is 400 g/mol. The van der Waals surface area contributed by atoms with E-state index in [1.807, 2.05) is 49.7 Å². The maximum Gasteiger partial charge on any atom is 0.307 e. The molecular formula is C24H24N4O2. The number of hydrogen-bond acceptors (Lipinski definition) is 4. The van der Waals surface area contributed by atoms with Crippen molar-refractivity contribution in [3.8, 4) is 0 Å². The molecule has 0 unspecified atom stereocenters. The highest BCUT2D eigenvalue weighted by Gasteiger charge is 2.17. The molecule has 152 valence electrons. The summed E-state index contributed by atoms with van der Waals surface area (Å²) in [6, 6.07) is 16.0. The van der Waals surface area contributed by atoms with E-state index in [-0.39, 0.29) is 11.7 Å². The maximum atomic E-state index is 12.5. The predicted octanol–water partition coefficient (Wildman–Crippen LogP) is 4.68. The van der Waals surface area contributed by atoms with Gasteiger partial charge in [0.1, 0.15) is 5.58 Å². The van der Waals surface area contributed by atoms with Gasteiger partial charge in [-0.2, -0.15) is 10.2 Å². The predicted molar refractivity (Wildman–Crippen MR) is 118 cm³/mol. The van der Waals surface area contributed by atoms with Crippen LogP contribution in [0, 0.1) is 27.7 Å². The summed E-state index contributed by atoms with van der Waals surface area (Å²) in [4.78, 5) is 12.5. The third kappa shape index (κ3) is 3.76. The van der Waals surface area contributed by atoms with Crippen LogP contribution in [-0.2, 0) is 6.54 Å². The molecule has 0 bridgehead atoms. The molecule has 0 fully saturated rings. The molecule has 0 aliphatic heterocycles. The Morgan fingerprint density at radius 3 is 2.57 bits per heavy atom. The van der Waals surface area contributed by atoms with Crippen molar-refractivity contribution in [1.29, 1.82) is 0 Å². The number of aromatic nitrogens is 2. The number of hydrogen-bond donors (Lipinski definition) is 1.